The maximum atomic E-state index is 13.1. The summed E-state index contributed by atoms with van der Waals surface area (Å²) in [5.74, 6) is -0.422. The Bertz CT molecular complexity index is 1110. The zero-order valence-electron chi connectivity index (χ0n) is 14.1. The molecule has 142 valence electrons. The van der Waals surface area contributed by atoms with Gasteiger partial charge in [0.05, 0.1) is 9.82 Å². The number of rotatable bonds is 7. The summed E-state index contributed by atoms with van der Waals surface area (Å²) in [7, 11) is -3.54. The van der Waals surface area contributed by atoms with Crippen molar-refractivity contribution in [3.05, 3.63) is 52.3 Å². The lowest BCUT2D eigenvalue weighted by atomic mass is 10.2. The summed E-state index contributed by atoms with van der Waals surface area (Å²) < 4.78 is 41.6. The van der Waals surface area contributed by atoms with Crippen molar-refractivity contribution in [2.75, 3.05) is 30.0 Å². The largest absolute Gasteiger partial charge is 0.424 e. The second-order valence-corrected chi connectivity index (χ2v) is 7.71. The van der Waals surface area contributed by atoms with Crippen LogP contribution in [0.1, 0.15) is 0 Å². The fourth-order valence-corrected chi connectivity index (χ4v) is 3.03. The van der Waals surface area contributed by atoms with Crippen LogP contribution in [0.25, 0.3) is 11.1 Å². The summed E-state index contributed by atoms with van der Waals surface area (Å²) in [5, 5.41) is 16.9. The first-order valence-corrected chi connectivity index (χ1v) is 9.65. The third kappa shape index (κ3) is 4.31. The van der Waals surface area contributed by atoms with Crippen molar-refractivity contribution in [1.82, 2.24) is 4.98 Å². The topological polar surface area (TPSA) is 127 Å². The molecule has 0 saturated heterocycles. The Morgan fingerprint density at radius 1 is 1.19 bits per heavy atom. The first kappa shape index (κ1) is 18.6. The smallest absolute Gasteiger partial charge is 0.295 e. The molecule has 0 atom stereocenters. The van der Waals surface area contributed by atoms with E-state index in [1.165, 1.54) is 30.3 Å². The quantitative estimate of drug-likeness (QED) is 0.356. The summed E-state index contributed by atoms with van der Waals surface area (Å²) >= 11 is 0. The maximum Gasteiger partial charge on any atom is 0.295 e. The van der Waals surface area contributed by atoms with Gasteiger partial charge >= 0.3 is 0 Å². The van der Waals surface area contributed by atoms with E-state index in [-0.39, 0.29) is 28.8 Å². The molecule has 0 aliphatic carbocycles. The van der Waals surface area contributed by atoms with Gasteiger partial charge in [-0.3, -0.25) is 10.1 Å². The highest BCUT2D eigenvalue weighted by atomic mass is 32.2. The summed E-state index contributed by atoms with van der Waals surface area (Å²) in [6.07, 6.45) is 0.981. The molecule has 0 fully saturated rings. The van der Waals surface area contributed by atoms with Crippen molar-refractivity contribution >= 4 is 38.3 Å². The molecule has 11 heteroatoms. The van der Waals surface area contributed by atoms with Crippen molar-refractivity contribution < 1.29 is 22.1 Å². The van der Waals surface area contributed by atoms with E-state index in [1.54, 1.807) is 0 Å². The first-order chi connectivity index (χ1) is 12.7. The van der Waals surface area contributed by atoms with Crippen LogP contribution in [0.2, 0.25) is 0 Å². The molecule has 27 heavy (non-hydrogen) atoms. The SMILES string of the molecule is CS(=O)(=O)c1ccc(NCCNc2nc3cc(F)ccc3o2)c([N+](=O)[O-])c1. The molecule has 0 saturated carbocycles. The van der Waals surface area contributed by atoms with Crippen LogP contribution >= 0.6 is 0 Å². The molecule has 0 aliphatic rings. The van der Waals surface area contributed by atoms with Gasteiger partial charge in [-0.15, -0.1) is 0 Å². The first-order valence-electron chi connectivity index (χ1n) is 7.76. The van der Waals surface area contributed by atoms with E-state index in [2.05, 4.69) is 15.6 Å². The van der Waals surface area contributed by atoms with Crippen molar-refractivity contribution in [3.63, 3.8) is 0 Å². The molecular weight excluding hydrogens is 379 g/mol. The number of hydrogen-bond donors (Lipinski definition) is 2. The molecule has 9 nitrogen and oxygen atoms in total. The standard InChI is InChI=1S/C16H15FN4O5S/c1-27(24,25)11-3-4-12(14(9-11)21(22)23)18-6-7-19-16-20-13-8-10(17)2-5-15(13)26-16/h2-5,8-9,18H,6-7H2,1H3,(H,19,20). The Morgan fingerprint density at radius 3 is 2.63 bits per heavy atom. The molecular formula is C16H15FN4O5S. The third-order valence-corrected chi connectivity index (χ3v) is 4.77. The zero-order valence-corrected chi connectivity index (χ0v) is 14.9. The predicted molar refractivity (Wildman–Crippen MR) is 97.2 cm³/mol. The summed E-state index contributed by atoms with van der Waals surface area (Å²) in [4.78, 5) is 14.5. The minimum atomic E-state index is -3.54. The number of anilines is 2. The molecule has 2 aromatic carbocycles. The van der Waals surface area contributed by atoms with E-state index in [4.69, 9.17) is 4.42 Å². The number of nitro benzene ring substituents is 1. The van der Waals surface area contributed by atoms with Crippen LogP contribution in [-0.2, 0) is 9.84 Å². The van der Waals surface area contributed by atoms with Gasteiger partial charge in [0.15, 0.2) is 15.4 Å². The van der Waals surface area contributed by atoms with E-state index in [9.17, 15) is 22.9 Å². The number of sulfone groups is 1. The number of aromatic nitrogens is 1. The molecule has 0 radical (unpaired) electrons. The number of nitrogens with one attached hydrogen (secondary N) is 2. The molecule has 0 unspecified atom stereocenters. The zero-order chi connectivity index (χ0) is 19.6. The molecule has 1 heterocycles. The number of benzene rings is 2. The van der Waals surface area contributed by atoms with Crippen molar-refractivity contribution in [2.45, 2.75) is 4.90 Å². The highest BCUT2D eigenvalue weighted by molar-refractivity contribution is 7.90. The van der Waals surface area contributed by atoms with Crippen LogP contribution in [0.3, 0.4) is 0 Å². The summed E-state index contributed by atoms with van der Waals surface area (Å²) in [6, 6.07) is 7.82. The summed E-state index contributed by atoms with van der Waals surface area (Å²) in [5.41, 5.74) is 0.653. The van der Waals surface area contributed by atoms with Gasteiger partial charge in [-0.25, -0.2) is 12.8 Å². The fraction of sp³-hybridized carbons (Fsp3) is 0.188. The van der Waals surface area contributed by atoms with Gasteiger partial charge in [-0.05, 0) is 24.3 Å². The highest BCUT2D eigenvalue weighted by Gasteiger charge is 2.18. The number of fused-ring (bicyclic) bond motifs is 1. The second-order valence-electron chi connectivity index (χ2n) is 5.69. The Labute approximate surface area is 153 Å². The highest BCUT2D eigenvalue weighted by Crippen LogP contribution is 2.27. The average molecular weight is 394 g/mol. The lowest BCUT2D eigenvalue weighted by molar-refractivity contribution is -0.384. The van der Waals surface area contributed by atoms with Gasteiger partial charge < -0.3 is 15.1 Å². The number of nitro groups is 1. The van der Waals surface area contributed by atoms with Gasteiger partial charge in [-0.2, -0.15) is 4.98 Å². The number of oxazole rings is 1. The van der Waals surface area contributed by atoms with Crippen LogP contribution in [0.4, 0.5) is 21.8 Å². The van der Waals surface area contributed by atoms with Crippen molar-refractivity contribution in [2.24, 2.45) is 0 Å². The van der Waals surface area contributed by atoms with Crippen LogP contribution in [0.5, 0.6) is 0 Å². The van der Waals surface area contributed by atoms with Crippen molar-refractivity contribution in [1.29, 1.82) is 0 Å². The second kappa shape index (κ2) is 7.19. The van der Waals surface area contributed by atoms with Gasteiger partial charge in [0.1, 0.15) is 17.0 Å². The fourth-order valence-electron chi connectivity index (χ4n) is 2.39. The van der Waals surface area contributed by atoms with E-state index in [0.29, 0.717) is 17.6 Å². The lowest BCUT2D eigenvalue weighted by Crippen LogP contribution is -2.14. The number of hydrogen-bond acceptors (Lipinski definition) is 8. The van der Waals surface area contributed by atoms with Crippen LogP contribution < -0.4 is 10.6 Å². The van der Waals surface area contributed by atoms with E-state index in [1.807, 2.05) is 0 Å². The monoisotopic (exact) mass is 394 g/mol. The lowest BCUT2D eigenvalue weighted by Gasteiger charge is -2.08. The minimum absolute atomic E-state index is 0.128. The maximum absolute atomic E-state index is 13.1. The molecule has 3 rings (SSSR count). The van der Waals surface area contributed by atoms with E-state index in [0.717, 1.165) is 12.3 Å². The van der Waals surface area contributed by atoms with E-state index >= 15 is 0 Å². The minimum Gasteiger partial charge on any atom is -0.424 e. The summed E-state index contributed by atoms with van der Waals surface area (Å²) in [6.45, 7) is 0.576. The predicted octanol–water partition coefficient (Wildman–Crippen LogP) is 2.80. The number of nitrogens with zero attached hydrogens (tertiary/aromatic N) is 2. The molecule has 0 bridgehead atoms. The van der Waals surface area contributed by atoms with Gasteiger partial charge in [-0.1, -0.05) is 0 Å². The van der Waals surface area contributed by atoms with Crippen LogP contribution in [-0.4, -0.2) is 37.7 Å². The normalized spacial score (nSPS) is 11.5. The molecule has 0 spiro atoms. The molecule has 3 aromatic rings. The van der Waals surface area contributed by atoms with Crippen LogP contribution in [0.15, 0.2) is 45.7 Å². The van der Waals surface area contributed by atoms with Gasteiger partial charge in [0.2, 0.25) is 0 Å². The number of halogens is 1. The molecule has 1 aromatic heterocycles. The third-order valence-electron chi connectivity index (χ3n) is 3.66. The Morgan fingerprint density at radius 2 is 1.93 bits per heavy atom. The van der Waals surface area contributed by atoms with E-state index < -0.39 is 20.6 Å². The Kier molecular flexibility index (Phi) is 4.95. The van der Waals surface area contributed by atoms with Crippen LogP contribution in [0, 0.1) is 15.9 Å². The molecule has 0 amide bonds. The van der Waals surface area contributed by atoms with Crippen molar-refractivity contribution in [3.8, 4) is 0 Å². The van der Waals surface area contributed by atoms with Gasteiger partial charge in [0.25, 0.3) is 11.7 Å². The van der Waals surface area contributed by atoms with Gasteiger partial charge in [0, 0.05) is 31.5 Å². The Hall–Kier alpha value is -3.21. The Balaban J connectivity index is 1.65. The molecule has 2 N–H and O–H groups in total. The average Bonchev–Trinajstić information content (AvgIpc) is 2.99. The molecule has 0 aliphatic heterocycles.